The lowest BCUT2D eigenvalue weighted by atomic mass is 9.81. The van der Waals surface area contributed by atoms with Crippen molar-refractivity contribution in [3.63, 3.8) is 0 Å². The number of aryl methyl sites for hydroxylation is 1. The normalized spacial score (nSPS) is 27.6. The van der Waals surface area contributed by atoms with Crippen molar-refractivity contribution < 1.29 is 14.3 Å². The first-order valence-corrected chi connectivity index (χ1v) is 10.3. The molecule has 3 aliphatic rings. The van der Waals surface area contributed by atoms with Crippen LogP contribution in [0, 0.1) is 6.92 Å². The van der Waals surface area contributed by atoms with Gasteiger partial charge in [-0.2, -0.15) is 0 Å². The summed E-state index contributed by atoms with van der Waals surface area (Å²) in [5.74, 6) is 0.197. The van der Waals surface area contributed by atoms with Gasteiger partial charge in [0.15, 0.2) is 0 Å². The fourth-order valence-electron chi connectivity index (χ4n) is 4.46. The molecule has 1 unspecified atom stereocenters. The highest BCUT2D eigenvalue weighted by atomic mass is 32.1. The van der Waals surface area contributed by atoms with E-state index in [4.69, 9.17) is 9.47 Å². The zero-order valence-corrected chi connectivity index (χ0v) is 15.9. The summed E-state index contributed by atoms with van der Waals surface area (Å²) in [6, 6.07) is 2.64. The Bertz CT molecular complexity index is 604. The van der Waals surface area contributed by atoms with Crippen molar-refractivity contribution in [2.45, 2.75) is 44.2 Å². The van der Waals surface area contributed by atoms with Gasteiger partial charge in [0.2, 0.25) is 0 Å². The summed E-state index contributed by atoms with van der Waals surface area (Å²) in [5, 5.41) is 2.01. The Morgan fingerprint density at radius 2 is 1.96 bits per heavy atom. The van der Waals surface area contributed by atoms with Gasteiger partial charge in [0, 0.05) is 38.8 Å². The van der Waals surface area contributed by atoms with E-state index in [9.17, 15) is 4.79 Å². The summed E-state index contributed by atoms with van der Waals surface area (Å²) >= 11 is 1.56. The van der Waals surface area contributed by atoms with E-state index < -0.39 is 0 Å². The maximum atomic E-state index is 12.7. The highest BCUT2D eigenvalue weighted by molar-refractivity contribution is 7.12. The van der Waals surface area contributed by atoms with E-state index in [0.29, 0.717) is 6.04 Å². The molecule has 0 radical (unpaired) electrons. The molecular weight excluding hydrogens is 336 g/mol. The van der Waals surface area contributed by atoms with Crippen LogP contribution in [0.4, 0.5) is 0 Å². The number of thiophene rings is 1. The minimum absolute atomic E-state index is 0.0253. The van der Waals surface area contributed by atoms with Crippen molar-refractivity contribution in [2.75, 3.05) is 46.0 Å². The molecule has 1 aromatic rings. The second kappa shape index (κ2) is 7.35. The maximum absolute atomic E-state index is 12.7. The molecule has 0 N–H and O–H groups in total. The van der Waals surface area contributed by atoms with E-state index in [0.717, 1.165) is 82.1 Å². The van der Waals surface area contributed by atoms with Crippen molar-refractivity contribution in [3.05, 3.63) is 21.9 Å². The van der Waals surface area contributed by atoms with Crippen LogP contribution < -0.4 is 0 Å². The largest absolute Gasteiger partial charge is 0.379 e. The fraction of sp³-hybridized carbons (Fsp3) is 0.737. The molecule has 0 bridgehead atoms. The second-order valence-electron chi connectivity index (χ2n) is 7.55. The molecule has 1 spiro atoms. The number of carbonyl (C=O) groups excluding carboxylic acids is 1. The van der Waals surface area contributed by atoms with Crippen molar-refractivity contribution >= 4 is 17.2 Å². The third kappa shape index (κ3) is 3.63. The quantitative estimate of drug-likeness (QED) is 0.809. The maximum Gasteiger partial charge on any atom is 0.264 e. The van der Waals surface area contributed by atoms with Crippen molar-refractivity contribution in [3.8, 4) is 0 Å². The number of hydrogen-bond donors (Lipinski definition) is 0. The van der Waals surface area contributed by atoms with Gasteiger partial charge in [0.05, 0.1) is 23.7 Å². The van der Waals surface area contributed by atoms with Gasteiger partial charge in [0.25, 0.3) is 5.91 Å². The minimum atomic E-state index is -0.0253. The second-order valence-corrected chi connectivity index (χ2v) is 8.47. The molecule has 0 aliphatic carbocycles. The number of nitrogens with zero attached hydrogens (tertiary/aromatic N) is 2. The third-order valence-electron chi connectivity index (χ3n) is 6.05. The molecule has 0 aromatic carbocycles. The Morgan fingerprint density at radius 3 is 2.64 bits per heavy atom. The SMILES string of the molecule is Cc1ccsc1C(=O)N1CCC2(CC1)CC(N1CCOCC1)CCO2. The number of morpholine rings is 1. The number of piperidine rings is 1. The molecule has 3 aliphatic heterocycles. The molecule has 3 saturated heterocycles. The van der Waals surface area contributed by atoms with E-state index in [1.165, 1.54) is 0 Å². The average molecular weight is 365 g/mol. The Hall–Kier alpha value is -0.950. The number of ether oxygens (including phenoxy) is 2. The summed E-state index contributed by atoms with van der Waals surface area (Å²) in [5.41, 5.74) is 1.07. The van der Waals surface area contributed by atoms with Crippen LogP contribution in [0.5, 0.6) is 0 Å². The summed E-state index contributed by atoms with van der Waals surface area (Å²) in [6.45, 7) is 8.29. The first-order chi connectivity index (χ1) is 12.2. The Balaban J connectivity index is 1.37. The number of carbonyl (C=O) groups is 1. The van der Waals surface area contributed by atoms with Crippen LogP contribution in [0.25, 0.3) is 0 Å². The molecule has 1 atom stereocenters. The lowest BCUT2D eigenvalue weighted by molar-refractivity contribution is -0.136. The standard InChI is InChI=1S/C19H28N2O3S/c1-15-3-13-25-17(15)18(22)21-6-4-19(5-7-21)14-16(2-10-24-19)20-8-11-23-12-9-20/h3,13,16H,2,4-12,14H2,1H3. The molecule has 3 fully saturated rings. The zero-order chi connectivity index (χ0) is 17.3. The number of rotatable bonds is 2. The zero-order valence-electron chi connectivity index (χ0n) is 15.0. The predicted octanol–water partition coefficient (Wildman–Crippen LogP) is 2.54. The van der Waals surface area contributed by atoms with Gasteiger partial charge < -0.3 is 14.4 Å². The highest BCUT2D eigenvalue weighted by Gasteiger charge is 2.42. The van der Waals surface area contributed by atoms with Gasteiger partial charge in [-0.15, -0.1) is 11.3 Å². The van der Waals surface area contributed by atoms with E-state index in [-0.39, 0.29) is 11.5 Å². The summed E-state index contributed by atoms with van der Waals surface area (Å²) in [4.78, 5) is 18.2. The molecule has 1 amide bonds. The van der Waals surface area contributed by atoms with E-state index in [1.807, 2.05) is 23.3 Å². The van der Waals surface area contributed by atoms with Crippen LogP contribution >= 0.6 is 11.3 Å². The highest BCUT2D eigenvalue weighted by Crippen LogP contribution is 2.37. The van der Waals surface area contributed by atoms with Crippen LogP contribution in [0.3, 0.4) is 0 Å². The lowest BCUT2D eigenvalue weighted by Gasteiger charge is -2.49. The topological polar surface area (TPSA) is 42.0 Å². The van der Waals surface area contributed by atoms with Gasteiger partial charge in [0.1, 0.15) is 0 Å². The molecule has 25 heavy (non-hydrogen) atoms. The number of amides is 1. The van der Waals surface area contributed by atoms with Crippen LogP contribution in [0.15, 0.2) is 11.4 Å². The van der Waals surface area contributed by atoms with Gasteiger partial charge in [-0.3, -0.25) is 9.69 Å². The predicted molar refractivity (Wildman–Crippen MR) is 98.3 cm³/mol. The van der Waals surface area contributed by atoms with Crippen molar-refractivity contribution in [2.24, 2.45) is 0 Å². The molecule has 4 rings (SSSR count). The van der Waals surface area contributed by atoms with Crippen LogP contribution in [0.1, 0.15) is 40.9 Å². The van der Waals surface area contributed by atoms with Gasteiger partial charge in [-0.05, 0) is 49.6 Å². The van der Waals surface area contributed by atoms with Gasteiger partial charge in [-0.1, -0.05) is 0 Å². The van der Waals surface area contributed by atoms with Crippen LogP contribution in [-0.2, 0) is 9.47 Å². The molecule has 1 aromatic heterocycles. The molecule has 4 heterocycles. The van der Waals surface area contributed by atoms with Crippen molar-refractivity contribution in [1.29, 1.82) is 0 Å². The van der Waals surface area contributed by atoms with Gasteiger partial charge >= 0.3 is 0 Å². The first kappa shape index (κ1) is 17.5. The monoisotopic (exact) mass is 364 g/mol. The van der Waals surface area contributed by atoms with Crippen LogP contribution in [0.2, 0.25) is 0 Å². The van der Waals surface area contributed by atoms with Gasteiger partial charge in [-0.25, -0.2) is 0 Å². The van der Waals surface area contributed by atoms with Crippen LogP contribution in [-0.4, -0.2) is 73.3 Å². The fourth-order valence-corrected chi connectivity index (χ4v) is 5.35. The Labute approximate surface area is 153 Å². The number of hydrogen-bond acceptors (Lipinski definition) is 5. The lowest BCUT2D eigenvalue weighted by Crippen LogP contribution is -2.55. The van der Waals surface area contributed by atoms with E-state index >= 15 is 0 Å². The summed E-state index contributed by atoms with van der Waals surface area (Å²) < 4.78 is 11.8. The molecule has 138 valence electrons. The Morgan fingerprint density at radius 1 is 1.20 bits per heavy atom. The number of likely N-dealkylation sites (tertiary alicyclic amines) is 1. The molecule has 6 heteroatoms. The summed E-state index contributed by atoms with van der Waals surface area (Å²) in [6.07, 6.45) is 4.15. The first-order valence-electron chi connectivity index (χ1n) is 9.46. The smallest absolute Gasteiger partial charge is 0.264 e. The van der Waals surface area contributed by atoms with E-state index in [1.54, 1.807) is 11.3 Å². The van der Waals surface area contributed by atoms with E-state index in [2.05, 4.69) is 4.90 Å². The average Bonchev–Trinajstić information content (AvgIpc) is 3.09. The minimum Gasteiger partial charge on any atom is -0.379 e. The molecule has 5 nitrogen and oxygen atoms in total. The third-order valence-corrected chi connectivity index (χ3v) is 7.05. The summed E-state index contributed by atoms with van der Waals surface area (Å²) in [7, 11) is 0. The van der Waals surface area contributed by atoms with Crippen molar-refractivity contribution in [1.82, 2.24) is 9.80 Å². The molecule has 0 saturated carbocycles. The Kier molecular flexibility index (Phi) is 5.13. The molecular formula is C19H28N2O3S.